The van der Waals surface area contributed by atoms with Gasteiger partial charge in [-0.2, -0.15) is 13.2 Å². The van der Waals surface area contributed by atoms with Crippen LogP contribution in [0.3, 0.4) is 0 Å². The number of nitrogens with zero attached hydrogens (tertiary/aromatic N) is 2. The molecule has 0 saturated heterocycles. The van der Waals surface area contributed by atoms with Gasteiger partial charge in [0.15, 0.2) is 0 Å². The Balaban J connectivity index is 3.30. The lowest BCUT2D eigenvalue weighted by molar-refractivity contribution is -0.388. The van der Waals surface area contributed by atoms with Crippen LogP contribution in [-0.2, 0) is 10.9 Å². The molecule has 0 radical (unpaired) electrons. The number of hydrogen-bond acceptors (Lipinski definition) is 5. The minimum absolute atomic E-state index is 0.0428. The van der Waals surface area contributed by atoms with E-state index < -0.39 is 34.1 Å². The summed E-state index contributed by atoms with van der Waals surface area (Å²) in [7, 11) is 0. The number of esters is 1. The quantitative estimate of drug-likeness (QED) is 0.474. The van der Waals surface area contributed by atoms with Crippen LogP contribution in [-0.4, -0.2) is 22.5 Å². The van der Waals surface area contributed by atoms with Gasteiger partial charge < -0.3 is 4.74 Å². The second-order valence-corrected chi connectivity index (χ2v) is 3.04. The number of alkyl halides is 3. The number of ether oxygens (including phenoxy) is 1. The van der Waals surface area contributed by atoms with Gasteiger partial charge in [0.1, 0.15) is 5.69 Å². The highest BCUT2D eigenvalue weighted by molar-refractivity contribution is 5.87. The third kappa shape index (κ3) is 2.93. The molecule has 1 rings (SSSR count). The van der Waals surface area contributed by atoms with Crippen LogP contribution < -0.4 is 0 Å². The Hall–Kier alpha value is -2.19. The van der Waals surface area contributed by atoms with Gasteiger partial charge in [0.25, 0.3) is 5.69 Å². The third-order valence-electron chi connectivity index (χ3n) is 1.82. The van der Waals surface area contributed by atoms with Gasteiger partial charge in [-0.1, -0.05) is 0 Å². The first-order valence-electron chi connectivity index (χ1n) is 4.67. The minimum atomic E-state index is -5.02. The molecule has 0 unspecified atom stereocenters. The van der Waals surface area contributed by atoms with E-state index in [0.29, 0.717) is 6.07 Å². The number of hydrogen-bond donors (Lipinski definition) is 0. The molecule has 0 saturated carbocycles. The zero-order valence-electron chi connectivity index (χ0n) is 9.02. The maximum atomic E-state index is 12.5. The van der Waals surface area contributed by atoms with Crippen LogP contribution in [0.5, 0.6) is 0 Å². The molecule has 0 N–H and O–H groups in total. The fourth-order valence-electron chi connectivity index (χ4n) is 1.13. The highest BCUT2D eigenvalue weighted by atomic mass is 19.4. The van der Waals surface area contributed by atoms with Crippen molar-refractivity contribution in [2.45, 2.75) is 13.1 Å². The lowest BCUT2D eigenvalue weighted by Gasteiger charge is -2.07. The van der Waals surface area contributed by atoms with Crippen LogP contribution in [0.2, 0.25) is 0 Å². The van der Waals surface area contributed by atoms with Crippen molar-refractivity contribution < 1.29 is 27.6 Å². The minimum Gasteiger partial charge on any atom is -0.461 e. The summed E-state index contributed by atoms with van der Waals surface area (Å²) in [5, 5.41) is 10.4. The molecule has 0 bridgehead atoms. The molecule has 0 aliphatic heterocycles. The Kier molecular flexibility index (Phi) is 3.84. The Bertz CT molecular complexity index is 487. The van der Waals surface area contributed by atoms with E-state index in [2.05, 4.69) is 9.72 Å². The molecule has 0 spiro atoms. The molecule has 98 valence electrons. The number of aromatic nitrogens is 1. The van der Waals surface area contributed by atoms with E-state index in [-0.39, 0.29) is 6.61 Å². The van der Waals surface area contributed by atoms with Crippen LogP contribution in [0.4, 0.5) is 18.9 Å². The number of nitro groups is 1. The zero-order valence-corrected chi connectivity index (χ0v) is 9.02. The van der Waals surface area contributed by atoms with Crippen LogP contribution in [0, 0.1) is 10.1 Å². The van der Waals surface area contributed by atoms with Gasteiger partial charge in [0, 0.05) is 6.07 Å². The van der Waals surface area contributed by atoms with Gasteiger partial charge in [-0.3, -0.25) is 10.1 Å². The van der Waals surface area contributed by atoms with Crippen molar-refractivity contribution in [1.82, 2.24) is 4.98 Å². The molecule has 9 heteroatoms. The number of pyridine rings is 1. The van der Waals surface area contributed by atoms with Gasteiger partial charge in [-0.05, 0) is 13.0 Å². The molecule has 0 aromatic carbocycles. The van der Waals surface area contributed by atoms with Crippen LogP contribution in [0.25, 0.3) is 0 Å². The van der Waals surface area contributed by atoms with Crippen molar-refractivity contribution in [3.05, 3.63) is 33.6 Å². The summed E-state index contributed by atoms with van der Waals surface area (Å²) >= 11 is 0. The molecule has 1 aromatic heterocycles. The highest BCUT2D eigenvalue weighted by Gasteiger charge is 2.41. The average molecular weight is 264 g/mol. The molecule has 18 heavy (non-hydrogen) atoms. The van der Waals surface area contributed by atoms with Gasteiger partial charge in [0.2, 0.25) is 5.69 Å². The SMILES string of the molecule is CCOC(=O)c1ccc([N+](=O)[O-])c(C(F)(F)F)n1. The summed E-state index contributed by atoms with van der Waals surface area (Å²) < 4.78 is 42.0. The summed E-state index contributed by atoms with van der Waals surface area (Å²) in [5.41, 5.74) is -3.57. The van der Waals surface area contributed by atoms with Crippen LogP contribution >= 0.6 is 0 Å². The fraction of sp³-hybridized carbons (Fsp3) is 0.333. The number of carbonyl (C=O) groups is 1. The van der Waals surface area contributed by atoms with Gasteiger partial charge in [-0.15, -0.1) is 0 Å². The van der Waals surface area contributed by atoms with Crippen LogP contribution in [0.1, 0.15) is 23.1 Å². The highest BCUT2D eigenvalue weighted by Crippen LogP contribution is 2.34. The van der Waals surface area contributed by atoms with Crippen molar-refractivity contribution in [1.29, 1.82) is 0 Å². The molecular formula is C9H7F3N2O4. The summed E-state index contributed by atoms with van der Waals surface area (Å²) in [6.45, 7) is 1.42. The molecule has 0 atom stereocenters. The van der Waals surface area contributed by atoms with E-state index in [1.807, 2.05) is 0 Å². The Labute approximate surface area is 98.5 Å². The smallest absolute Gasteiger partial charge is 0.440 e. The predicted molar refractivity (Wildman–Crippen MR) is 51.8 cm³/mol. The lowest BCUT2D eigenvalue weighted by Crippen LogP contribution is -2.16. The van der Waals surface area contributed by atoms with E-state index in [0.717, 1.165) is 6.07 Å². The molecule has 1 aromatic rings. The number of halogens is 3. The van der Waals surface area contributed by atoms with Crippen molar-refractivity contribution in [3.63, 3.8) is 0 Å². The monoisotopic (exact) mass is 264 g/mol. The lowest BCUT2D eigenvalue weighted by atomic mass is 10.2. The third-order valence-corrected chi connectivity index (χ3v) is 1.82. The summed E-state index contributed by atoms with van der Waals surface area (Å²) in [4.78, 5) is 23.3. The second kappa shape index (κ2) is 4.98. The van der Waals surface area contributed by atoms with Crippen LogP contribution in [0.15, 0.2) is 12.1 Å². The number of carbonyl (C=O) groups excluding carboxylic acids is 1. The standard InChI is InChI=1S/C9H7F3N2O4/c1-2-18-8(15)5-3-4-6(14(16)17)7(13-5)9(10,11)12/h3-4H,2H2,1H3. The molecular weight excluding hydrogens is 257 g/mol. The van der Waals surface area contributed by atoms with E-state index in [9.17, 15) is 28.1 Å². The molecule has 0 aliphatic carbocycles. The fourth-order valence-corrected chi connectivity index (χ4v) is 1.13. The Morgan fingerprint density at radius 1 is 1.50 bits per heavy atom. The molecule has 0 fully saturated rings. The zero-order chi connectivity index (χ0) is 13.9. The van der Waals surface area contributed by atoms with Gasteiger partial charge in [0.05, 0.1) is 11.5 Å². The maximum Gasteiger partial charge on any atom is 0.440 e. The molecule has 1 heterocycles. The van der Waals surface area contributed by atoms with Crippen molar-refractivity contribution in [2.75, 3.05) is 6.61 Å². The maximum absolute atomic E-state index is 12.5. The van der Waals surface area contributed by atoms with E-state index in [1.54, 1.807) is 0 Å². The largest absolute Gasteiger partial charge is 0.461 e. The molecule has 6 nitrogen and oxygen atoms in total. The Morgan fingerprint density at radius 3 is 2.56 bits per heavy atom. The second-order valence-electron chi connectivity index (χ2n) is 3.04. The first-order chi connectivity index (χ1) is 8.27. The van der Waals surface area contributed by atoms with Gasteiger partial charge in [-0.25, -0.2) is 9.78 Å². The van der Waals surface area contributed by atoms with Crippen molar-refractivity contribution in [3.8, 4) is 0 Å². The molecule has 0 amide bonds. The summed E-state index contributed by atoms with van der Waals surface area (Å²) in [6, 6.07) is 1.38. The average Bonchev–Trinajstić information content (AvgIpc) is 2.27. The number of rotatable bonds is 3. The topological polar surface area (TPSA) is 82.3 Å². The Morgan fingerprint density at radius 2 is 2.11 bits per heavy atom. The van der Waals surface area contributed by atoms with Gasteiger partial charge >= 0.3 is 12.1 Å². The summed E-state index contributed by atoms with van der Waals surface area (Å²) in [5.74, 6) is -1.07. The normalized spacial score (nSPS) is 11.1. The van der Waals surface area contributed by atoms with E-state index >= 15 is 0 Å². The van der Waals surface area contributed by atoms with E-state index in [4.69, 9.17) is 0 Å². The first kappa shape index (κ1) is 13.9. The van der Waals surface area contributed by atoms with Crippen molar-refractivity contribution >= 4 is 11.7 Å². The summed E-state index contributed by atoms with van der Waals surface area (Å²) in [6.07, 6.45) is -5.02. The first-order valence-corrected chi connectivity index (χ1v) is 4.67. The molecule has 0 aliphatic rings. The predicted octanol–water partition coefficient (Wildman–Crippen LogP) is 2.19. The van der Waals surface area contributed by atoms with Crippen molar-refractivity contribution in [2.24, 2.45) is 0 Å². The van der Waals surface area contributed by atoms with E-state index in [1.165, 1.54) is 6.92 Å².